The van der Waals surface area contributed by atoms with Crippen LogP contribution >= 0.6 is 22.9 Å². The molecule has 0 saturated heterocycles. The maximum Gasteiger partial charge on any atom is 0.416 e. The Labute approximate surface area is 151 Å². The van der Waals surface area contributed by atoms with Gasteiger partial charge in [-0.05, 0) is 31.0 Å². The van der Waals surface area contributed by atoms with E-state index in [2.05, 4.69) is 20.8 Å². The molecule has 1 aromatic carbocycles. The molecule has 25 heavy (non-hydrogen) atoms. The number of carbonyl (C=O) groups is 1. The molecule has 0 spiro atoms. The zero-order valence-corrected chi connectivity index (χ0v) is 15.2. The lowest BCUT2D eigenvalue weighted by molar-refractivity contribution is -0.137. The van der Waals surface area contributed by atoms with Crippen LogP contribution in [0.3, 0.4) is 0 Å². The molecule has 0 saturated carbocycles. The third-order valence-electron chi connectivity index (χ3n) is 3.31. The van der Waals surface area contributed by atoms with Crippen molar-refractivity contribution in [2.24, 2.45) is 5.92 Å². The van der Waals surface area contributed by atoms with Gasteiger partial charge in [0.05, 0.1) is 16.3 Å². The van der Waals surface area contributed by atoms with E-state index in [-0.39, 0.29) is 22.5 Å². The summed E-state index contributed by atoms with van der Waals surface area (Å²) in [5.74, 6) is -0.519. The number of benzene rings is 1. The van der Waals surface area contributed by atoms with Crippen molar-refractivity contribution in [3.05, 3.63) is 33.8 Å². The van der Waals surface area contributed by atoms with Crippen molar-refractivity contribution >= 4 is 39.7 Å². The Morgan fingerprint density at radius 2 is 1.96 bits per heavy atom. The van der Waals surface area contributed by atoms with Crippen LogP contribution < -0.4 is 10.6 Å². The predicted octanol–water partition coefficient (Wildman–Crippen LogP) is 4.59. The van der Waals surface area contributed by atoms with Crippen LogP contribution in [0.15, 0.2) is 18.2 Å². The first-order chi connectivity index (χ1) is 11.6. The minimum atomic E-state index is -4.48. The fraction of sp³-hybridized carbons (Fsp3) is 0.400. The summed E-state index contributed by atoms with van der Waals surface area (Å²) in [6.45, 7) is 5.37. The third-order valence-corrected chi connectivity index (χ3v) is 4.38. The minimum Gasteiger partial charge on any atom is -0.372 e. The Balaban J connectivity index is 2.17. The predicted molar refractivity (Wildman–Crippen MR) is 92.0 cm³/mol. The maximum absolute atomic E-state index is 12.7. The van der Waals surface area contributed by atoms with Crippen LogP contribution in [-0.4, -0.2) is 22.1 Å². The lowest BCUT2D eigenvalue weighted by Crippen LogP contribution is -2.39. The topological polar surface area (TPSA) is 66.9 Å². The molecule has 5 nitrogen and oxygen atoms in total. The lowest BCUT2D eigenvalue weighted by atomic mass is 10.0. The molecule has 0 unspecified atom stereocenters. The number of alkyl halides is 3. The molecule has 0 aliphatic rings. The number of halogens is 4. The van der Waals surface area contributed by atoms with E-state index in [1.165, 1.54) is 17.4 Å². The van der Waals surface area contributed by atoms with E-state index in [9.17, 15) is 18.0 Å². The van der Waals surface area contributed by atoms with Gasteiger partial charge in [-0.1, -0.05) is 36.8 Å². The van der Waals surface area contributed by atoms with Gasteiger partial charge in [0.1, 0.15) is 11.0 Å². The van der Waals surface area contributed by atoms with Crippen LogP contribution in [-0.2, 0) is 11.0 Å². The number of hydrogen-bond donors (Lipinski definition) is 2. The molecule has 10 heteroatoms. The largest absolute Gasteiger partial charge is 0.416 e. The van der Waals surface area contributed by atoms with Crippen LogP contribution in [0, 0.1) is 12.8 Å². The average molecular weight is 393 g/mol. The van der Waals surface area contributed by atoms with Crippen molar-refractivity contribution in [1.82, 2.24) is 10.2 Å². The lowest BCUT2D eigenvalue weighted by Gasteiger charge is -2.23. The van der Waals surface area contributed by atoms with Gasteiger partial charge >= 0.3 is 6.18 Å². The number of anilines is 2. The molecule has 0 aliphatic carbocycles. The molecule has 1 heterocycles. The first-order valence-electron chi connectivity index (χ1n) is 7.32. The molecule has 1 aromatic heterocycles. The number of aromatic nitrogens is 2. The van der Waals surface area contributed by atoms with Crippen molar-refractivity contribution in [2.45, 2.75) is 33.0 Å². The molecule has 1 amide bonds. The fourth-order valence-electron chi connectivity index (χ4n) is 2.04. The van der Waals surface area contributed by atoms with Gasteiger partial charge in [-0.3, -0.25) is 10.1 Å². The Bertz CT molecular complexity index is 763. The molecular formula is C15H16ClF3N4OS. The Kier molecular flexibility index (Phi) is 5.89. The average Bonchev–Trinajstić information content (AvgIpc) is 2.89. The van der Waals surface area contributed by atoms with E-state index in [0.29, 0.717) is 10.1 Å². The quantitative estimate of drug-likeness (QED) is 0.780. The summed E-state index contributed by atoms with van der Waals surface area (Å²) >= 11 is 7.16. The molecule has 136 valence electrons. The monoisotopic (exact) mass is 392 g/mol. The van der Waals surface area contributed by atoms with Crippen molar-refractivity contribution in [1.29, 1.82) is 0 Å². The standard InChI is InChI=1S/C15H16ClF3N4OS/c1-7(2)12(13(24)21-14-23-22-8(3)25-14)20-11-5-4-9(6-10(11)16)15(17,18)19/h4-7,12,20H,1-3H3,(H,21,23,24)/t12-/m0/s1. The summed E-state index contributed by atoms with van der Waals surface area (Å²) in [7, 11) is 0. The molecule has 2 rings (SSSR count). The van der Waals surface area contributed by atoms with Crippen LogP contribution in [0.1, 0.15) is 24.4 Å². The normalized spacial score (nSPS) is 13.0. The SMILES string of the molecule is Cc1nnc(NC(=O)[C@@H](Nc2ccc(C(F)(F)F)cc2Cl)C(C)C)s1. The molecule has 0 fully saturated rings. The number of amides is 1. The number of hydrogen-bond acceptors (Lipinski definition) is 5. The van der Waals surface area contributed by atoms with Crippen molar-refractivity contribution in [3.8, 4) is 0 Å². The zero-order valence-electron chi connectivity index (χ0n) is 13.6. The highest BCUT2D eigenvalue weighted by molar-refractivity contribution is 7.15. The van der Waals surface area contributed by atoms with E-state index in [4.69, 9.17) is 11.6 Å². The summed E-state index contributed by atoms with van der Waals surface area (Å²) in [6.07, 6.45) is -4.48. The first-order valence-corrected chi connectivity index (χ1v) is 8.51. The van der Waals surface area contributed by atoms with Gasteiger partial charge in [-0.2, -0.15) is 13.2 Å². The van der Waals surface area contributed by atoms with E-state index in [0.717, 1.165) is 12.1 Å². The molecule has 1 atom stereocenters. The van der Waals surface area contributed by atoms with E-state index < -0.39 is 17.8 Å². The Morgan fingerprint density at radius 3 is 2.44 bits per heavy atom. The smallest absolute Gasteiger partial charge is 0.372 e. The Hall–Kier alpha value is -1.87. The second-order valence-electron chi connectivity index (χ2n) is 5.67. The molecule has 0 radical (unpaired) electrons. The molecule has 2 N–H and O–H groups in total. The van der Waals surface area contributed by atoms with E-state index >= 15 is 0 Å². The van der Waals surface area contributed by atoms with Crippen LogP contribution in [0.25, 0.3) is 0 Å². The summed E-state index contributed by atoms with van der Waals surface area (Å²) in [6, 6.07) is 2.24. The van der Waals surface area contributed by atoms with Gasteiger partial charge in [0.25, 0.3) is 0 Å². The fourth-order valence-corrected chi connectivity index (χ4v) is 2.87. The van der Waals surface area contributed by atoms with E-state index in [1.807, 2.05) is 0 Å². The number of nitrogens with zero attached hydrogens (tertiary/aromatic N) is 2. The first kappa shape index (κ1) is 19.5. The summed E-state index contributed by atoms with van der Waals surface area (Å²) in [5.41, 5.74) is -0.602. The summed E-state index contributed by atoms with van der Waals surface area (Å²) < 4.78 is 38.1. The number of carbonyl (C=O) groups excluding carboxylic acids is 1. The van der Waals surface area contributed by atoms with Crippen molar-refractivity contribution in [3.63, 3.8) is 0 Å². The van der Waals surface area contributed by atoms with Gasteiger partial charge in [-0.15, -0.1) is 10.2 Å². The number of aryl methyl sites for hydroxylation is 1. The van der Waals surface area contributed by atoms with Gasteiger partial charge in [0.2, 0.25) is 11.0 Å². The second kappa shape index (κ2) is 7.57. The van der Waals surface area contributed by atoms with Crippen molar-refractivity contribution in [2.75, 3.05) is 10.6 Å². The minimum absolute atomic E-state index is 0.111. The zero-order chi connectivity index (χ0) is 18.8. The van der Waals surface area contributed by atoms with Crippen molar-refractivity contribution < 1.29 is 18.0 Å². The van der Waals surface area contributed by atoms with Gasteiger partial charge in [0, 0.05) is 0 Å². The Morgan fingerprint density at radius 1 is 1.28 bits per heavy atom. The highest BCUT2D eigenvalue weighted by Gasteiger charge is 2.31. The van der Waals surface area contributed by atoms with Crippen LogP contribution in [0.5, 0.6) is 0 Å². The van der Waals surface area contributed by atoms with E-state index in [1.54, 1.807) is 20.8 Å². The summed E-state index contributed by atoms with van der Waals surface area (Å²) in [4.78, 5) is 12.4. The van der Waals surface area contributed by atoms with Gasteiger partial charge in [0.15, 0.2) is 0 Å². The van der Waals surface area contributed by atoms with Gasteiger partial charge in [-0.25, -0.2) is 0 Å². The number of nitrogens with one attached hydrogen (secondary N) is 2. The highest BCUT2D eigenvalue weighted by atomic mass is 35.5. The molecule has 2 aromatic rings. The number of rotatable bonds is 5. The van der Waals surface area contributed by atoms with Crippen LogP contribution in [0.2, 0.25) is 5.02 Å². The second-order valence-corrected chi connectivity index (χ2v) is 7.26. The molecular weight excluding hydrogens is 377 g/mol. The van der Waals surface area contributed by atoms with Crippen LogP contribution in [0.4, 0.5) is 24.0 Å². The highest BCUT2D eigenvalue weighted by Crippen LogP contribution is 2.34. The van der Waals surface area contributed by atoms with Gasteiger partial charge < -0.3 is 5.32 Å². The molecule has 0 aliphatic heterocycles. The maximum atomic E-state index is 12.7. The third kappa shape index (κ3) is 5.05. The molecule has 0 bridgehead atoms. The summed E-state index contributed by atoms with van der Waals surface area (Å²) in [5, 5.41) is 14.1.